The van der Waals surface area contributed by atoms with E-state index in [2.05, 4.69) is 15.3 Å². The quantitative estimate of drug-likeness (QED) is 0.818. The maximum absolute atomic E-state index is 12.2. The lowest BCUT2D eigenvalue weighted by atomic mass is 10.2. The maximum Gasteiger partial charge on any atom is 0.274 e. The van der Waals surface area contributed by atoms with E-state index in [1.807, 2.05) is 13.8 Å². The molecule has 1 aromatic heterocycles. The highest BCUT2D eigenvalue weighted by Crippen LogP contribution is 2.07. The van der Waals surface area contributed by atoms with Gasteiger partial charge in [-0.1, -0.05) is 0 Å². The summed E-state index contributed by atoms with van der Waals surface area (Å²) < 4.78 is 5.01. The molecule has 0 aliphatic rings. The van der Waals surface area contributed by atoms with E-state index in [1.54, 1.807) is 25.3 Å². The standard InChI is InChI=1S/C12H20N4O2/c1-9(2)16(5-6-18-4)12(17)10-7-15-11(13-3)8-14-10/h7-9H,5-6H2,1-4H3,(H,13,15). The molecule has 1 aromatic rings. The minimum absolute atomic E-state index is 0.0958. The van der Waals surface area contributed by atoms with Gasteiger partial charge in [-0.25, -0.2) is 9.97 Å². The molecule has 0 saturated heterocycles. The summed E-state index contributed by atoms with van der Waals surface area (Å²) in [6, 6.07) is 0.0958. The number of carbonyl (C=O) groups is 1. The number of amides is 1. The topological polar surface area (TPSA) is 67.4 Å². The number of anilines is 1. The molecule has 6 nitrogen and oxygen atoms in total. The van der Waals surface area contributed by atoms with Crippen molar-refractivity contribution in [3.05, 3.63) is 18.1 Å². The van der Waals surface area contributed by atoms with E-state index in [0.29, 0.717) is 24.7 Å². The molecule has 1 rings (SSSR count). The molecular weight excluding hydrogens is 232 g/mol. The number of carbonyl (C=O) groups excluding carboxylic acids is 1. The second kappa shape index (κ2) is 6.90. The third-order valence-corrected chi connectivity index (χ3v) is 2.55. The van der Waals surface area contributed by atoms with Crippen molar-refractivity contribution in [1.29, 1.82) is 0 Å². The molecular formula is C12H20N4O2. The van der Waals surface area contributed by atoms with Crippen LogP contribution in [0.25, 0.3) is 0 Å². The van der Waals surface area contributed by atoms with Gasteiger partial charge in [-0.15, -0.1) is 0 Å². The summed E-state index contributed by atoms with van der Waals surface area (Å²) in [7, 11) is 3.37. The number of rotatable bonds is 6. The Morgan fingerprint density at radius 1 is 1.44 bits per heavy atom. The molecule has 0 atom stereocenters. The summed E-state index contributed by atoms with van der Waals surface area (Å²) in [5.41, 5.74) is 0.346. The van der Waals surface area contributed by atoms with Crippen molar-refractivity contribution >= 4 is 11.7 Å². The predicted octanol–water partition coefficient (Wildman–Crippen LogP) is 1.02. The lowest BCUT2D eigenvalue weighted by molar-refractivity contribution is 0.0628. The van der Waals surface area contributed by atoms with Gasteiger partial charge >= 0.3 is 0 Å². The smallest absolute Gasteiger partial charge is 0.274 e. The van der Waals surface area contributed by atoms with Gasteiger partial charge in [-0.05, 0) is 13.8 Å². The van der Waals surface area contributed by atoms with Gasteiger partial charge in [-0.2, -0.15) is 0 Å². The Balaban J connectivity index is 2.80. The first kappa shape index (κ1) is 14.4. The van der Waals surface area contributed by atoms with E-state index in [1.165, 1.54) is 6.20 Å². The van der Waals surface area contributed by atoms with Crippen LogP contribution in [0.5, 0.6) is 0 Å². The summed E-state index contributed by atoms with van der Waals surface area (Å²) in [6.07, 6.45) is 3.03. The second-order valence-corrected chi connectivity index (χ2v) is 4.12. The fourth-order valence-corrected chi connectivity index (χ4v) is 1.50. The van der Waals surface area contributed by atoms with Crippen LogP contribution in [0.2, 0.25) is 0 Å². The number of hydrogen-bond acceptors (Lipinski definition) is 5. The summed E-state index contributed by atoms with van der Waals surface area (Å²) in [5, 5.41) is 2.86. The van der Waals surface area contributed by atoms with Crippen molar-refractivity contribution in [3.63, 3.8) is 0 Å². The first-order chi connectivity index (χ1) is 8.60. The van der Waals surface area contributed by atoms with Crippen LogP contribution in [-0.4, -0.2) is 54.1 Å². The molecule has 1 amide bonds. The van der Waals surface area contributed by atoms with Crippen LogP contribution in [0, 0.1) is 0 Å². The molecule has 1 N–H and O–H groups in total. The lowest BCUT2D eigenvalue weighted by Gasteiger charge is -2.25. The van der Waals surface area contributed by atoms with Crippen LogP contribution in [0.1, 0.15) is 24.3 Å². The van der Waals surface area contributed by atoms with Gasteiger partial charge in [0.1, 0.15) is 11.5 Å². The first-order valence-corrected chi connectivity index (χ1v) is 5.89. The molecule has 1 heterocycles. The van der Waals surface area contributed by atoms with Crippen molar-refractivity contribution in [2.45, 2.75) is 19.9 Å². The molecule has 0 saturated carbocycles. The maximum atomic E-state index is 12.2. The second-order valence-electron chi connectivity index (χ2n) is 4.12. The van der Waals surface area contributed by atoms with Gasteiger partial charge in [0.05, 0.1) is 19.0 Å². The summed E-state index contributed by atoms with van der Waals surface area (Å²) >= 11 is 0. The summed E-state index contributed by atoms with van der Waals surface area (Å²) in [6.45, 7) is 4.97. The molecule has 0 spiro atoms. The molecule has 100 valence electrons. The van der Waals surface area contributed by atoms with Crippen molar-refractivity contribution in [1.82, 2.24) is 14.9 Å². The number of nitrogens with one attached hydrogen (secondary N) is 1. The van der Waals surface area contributed by atoms with Crippen LogP contribution < -0.4 is 5.32 Å². The van der Waals surface area contributed by atoms with Gasteiger partial charge in [0.2, 0.25) is 0 Å². The molecule has 0 radical (unpaired) electrons. The predicted molar refractivity (Wildman–Crippen MR) is 69.6 cm³/mol. The normalized spacial score (nSPS) is 10.5. The molecule has 0 unspecified atom stereocenters. The molecule has 0 bridgehead atoms. The lowest BCUT2D eigenvalue weighted by Crippen LogP contribution is -2.39. The van der Waals surface area contributed by atoms with Crippen molar-refractivity contribution < 1.29 is 9.53 Å². The molecule has 6 heteroatoms. The van der Waals surface area contributed by atoms with Gasteiger partial charge in [-0.3, -0.25) is 4.79 Å². The first-order valence-electron chi connectivity index (χ1n) is 5.89. The van der Waals surface area contributed by atoms with E-state index in [9.17, 15) is 4.79 Å². The zero-order valence-electron chi connectivity index (χ0n) is 11.3. The fraction of sp³-hybridized carbons (Fsp3) is 0.583. The van der Waals surface area contributed by atoms with Crippen LogP contribution in [0.4, 0.5) is 5.82 Å². The number of hydrogen-bond donors (Lipinski definition) is 1. The molecule has 18 heavy (non-hydrogen) atoms. The Hall–Kier alpha value is -1.69. The third-order valence-electron chi connectivity index (χ3n) is 2.55. The zero-order chi connectivity index (χ0) is 13.5. The van der Waals surface area contributed by atoms with Gasteiger partial charge in [0, 0.05) is 26.7 Å². The Kier molecular flexibility index (Phi) is 5.51. The van der Waals surface area contributed by atoms with E-state index >= 15 is 0 Å². The molecule has 0 aromatic carbocycles. The fourth-order valence-electron chi connectivity index (χ4n) is 1.50. The van der Waals surface area contributed by atoms with Gasteiger partial charge < -0.3 is 15.0 Å². The van der Waals surface area contributed by atoms with Crippen LogP contribution >= 0.6 is 0 Å². The van der Waals surface area contributed by atoms with E-state index in [-0.39, 0.29) is 11.9 Å². The molecule has 0 aliphatic carbocycles. The average molecular weight is 252 g/mol. The number of nitrogens with zero attached hydrogens (tertiary/aromatic N) is 3. The summed E-state index contributed by atoms with van der Waals surface area (Å²) in [4.78, 5) is 22.1. The summed E-state index contributed by atoms with van der Waals surface area (Å²) in [5.74, 6) is 0.511. The van der Waals surface area contributed by atoms with Crippen LogP contribution in [0.15, 0.2) is 12.4 Å². The van der Waals surface area contributed by atoms with Gasteiger partial charge in [0.25, 0.3) is 5.91 Å². The minimum Gasteiger partial charge on any atom is -0.383 e. The van der Waals surface area contributed by atoms with Crippen LogP contribution in [-0.2, 0) is 4.74 Å². The minimum atomic E-state index is -0.128. The molecule has 0 aliphatic heterocycles. The highest BCUT2D eigenvalue weighted by molar-refractivity contribution is 5.92. The SMILES string of the molecule is CNc1cnc(C(=O)N(CCOC)C(C)C)cn1. The average Bonchev–Trinajstić information content (AvgIpc) is 2.38. The number of aromatic nitrogens is 2. The largest absolute Gasteiger partial charge is 0.383 e. The van der Waals surface area contributed by atoms with E-state index in [4.69, 9.17) is 4.74 Å². The zero-order valence-corrected chi connectivity index (χ0v) is 11.3. The Bertz CT molecular complexity index is 378. The number of methoxy groups -OCH3 is 1. The molecule has 0 fully saturated rings. The highest BCUT2D eigenvalue weighted by Gasteiger charge is 2.19. The Morgan fingerprint density at radius 2 is 2.17 bits per heavy atom. The monoisotopic (exact) mass is 252 g/mol. The van der Waals surface area contributed by atoms with Crippen molar-refractivity contribution in [2.24, 2.45) is 0 Å². The Labute approximate surface area is 107 Å². The third kappa shape index (κ3) is 3.66. The van der Waals surface area contributed by atoms with E-state index in [0.717, 1.165) is 0 Å². The van der Waals surface area contributed by atoms with Crippen molar-refractivity contribution in [3.8, 4) is 0 Å². The van der Waals surface area contributed by atoms with Crippen molar-refractivity contribution in [2.75, 3.05) is 32.6 Å². The number of ether oxygens (including phenoxy) is 1. The highest BCUT2D eigenvalue weighted by atomic mass is 16.5. The Morgan fingerprint density at radius 3 is 2.61 bits per heavy atom. The van der Waals surface area contributed by atoms with Crippen LogP contribution in [0.3, 0.4) is 0 Å². The van der Waals surface area contributed by atoms with Gasteiger partial charge in [0.15, 0.2) is 0 Å². The van der Waals surface area contributed by atoms with E-state index < -0.39 is 0 Å².